The van der Waals surface area contributed by atoms with E-state index in [1.807, 2.05) is 13.0 Å². The van der Waals surface area contributed by atoms with Crippen LogP contribution in [0.1, 0.15) is 11.1 Å². The number of rotatable bonds is 2. The Bertz CT molecular complexity index is 250. The summed E-state index contributed by atoms with van der Waals surface area (Å²) < 4.78 is 4.99. The Morgan fingerprint density at radius 1 is 1.64 bits per heavy atom. The van der Waals surface area contributed by atoms with Crippen molar-refractivity contribution in [3.8, 4) is 5.88 Å². The third-order valence-electron chi connectivity index (χ3n) is 1.43. The quantitative estimate of drug-likeness (QED) is 0.637. The van der Waals surface area contributed by atoms with E-state index in [9.17, 15) is 0 Å². The molecule has 0 amide bonds. The number of hydrogen-bond donors (Lipinski definition) is 0. The maximum absolute atomic E-state index is 5.61. The topological polar surface area (TPSA) is 22.1 Å². The Kier molecular flexibility index (Phi) is 2.71. The number of alkyl halides is 1. The minimum absolute atomic E-state index is 0.498. The van der Waals surface area contributed by atoms with Crippen LogP contribution in [0.2, 0.25) is 0 Å². The first-order valence-electron chi connectivity index (χ1n) is 3.33. The molecule has 0 saturated heterocycles. The van der Waals surface area contributed by atoms with Crippen LogP contribution in [0.4, 0.5) is 0 Å². The van der Waals surface area contributed by atoms with Gasteiger partial charge in [0.2, 0.25) is 5.88 Å². The highest BCUT2D eigenvalue weighted by Crippen LogP contribution is 2.15. The molecule has 0 aliphatic heterocycles. The smallest absolute Gasteiger partial charge is 0.215 e. The number of methoxy groups -OCH3 is 1. The standard InChI is InChI=1S/C8H10ClNO/c1-6-3-7(4-9)5-10-8(6)11-2/h3,5H,4H2,1-2H3. The Hall–Kier alpha value is -0.760. The summed E-state index contributed by atoms with van der Waals surface area (Å²) >= 11 is 5.61. The van der Waals surface area contributed by atoms with Crippen molar-refractivity contribution in [1.82, 2.24) is 4.98 Å². The van der Waals surface area contributed by atoms with E-state index in [-0.39, 0.29) is 0 Å². The summed E-state index contributed by atoms with van der Waals surface area (Å²) in [5.41, 5.74) is 2.04. The van der Waals surface area contributed by atoms with E-state index in [1.165, 1.54) is 0 Å². The second-order valence-electron chi connectivity index (χ2n) is 2.30. The van der Waals surface area contributed by atoms with E-state index in [0.29, 0.717) is 11.8 Å². The maximum Gasteiger partial charge on any atom is 0.215 e. The molecular formula is C8H10ClNO. The van der Waals surface area contributed by atoms with Crippen molar-refractivity contribution in [2.75, 3.05) is 7.11 Å². The summed E-state index contributed by atoms with van der Waals surface area (Å²) in [6, 6.07) is 1.97. The molecule has 1 aromatic heterocycles. The number of nitrogens with zero attached hydrogens (tertiary/aromatic N) is 1. The van der Waals surface area contributed by atoms with Crippen molar-refractivity contribution in [1.29, 1.82) is 0 Å². The van der Waals surface area contributed by atoms with Gasteiger partial charge in [0.15, 0.2) is 0 Å². The van der Waals surface area contributed by atoms with Crippen LogP contribution in [0.25, 0.3) is 0 Å². The van der Waals surface area contributed by atoms with Crippen LogP contribution in [0.3, 0.4) is 0 Å². The summed E-state index contributed by atoms with van der Waals surface area (Å²) in [5, 5.41) is 0. The average molecular weight is 172 g/mol. The van der Waals surface area contributed by atoms with E-state index in [0.717, 1.165) is 11.1 Å². The van der Waals surface area contributed by atoms with Crippen molar-refractivity contribution in [2.45, 2.75) is 12.8 Å². The van der Waals surface area contributed by atoms with Gasteiger partial charge in [-0.15, -0.1) is 11.6 Å². The highest BCUT2D eigenvalue weighted by molar-refractivity contribution is 6.17. The van der Waals surface area contributed by atoms with Gasteiger partial charge in [-0.3, -0.25) is 0 Å². The van der Waals surface area contributed by atoms with Crippen molar-refractivity contribution >= 4 is 11.6 Å². The van der Waals surface area contributed by atoms with Gasteiger partial charge < -0.3 is 4.74 Å². The number of hydrogen-bond acceptors (Lipinski definition) is 2. The molecule has 0 spiro atoms. The number of halogens is 1. The second kappa shape index (κ2) is 3.58. The number of ether oxygens (including phenoxy) is 1. The Balaban J connectivity index is 2.99. The molecule has 0 radical (unpaired) electrons. The predicted octanol–water partition coefficient (Wildman–Crippen LogP) is 2.14. The van der Waals surface area contributed by atoms with E-state index < -0.39 is 0 Å². The van der Waals surface area contributed by atoms with Crippen molar-refractivity contribution in [2.24, 2.45) is 0 Å². The van der Waals surface area contributed by atoms with Crippen LogP contribution in [0, 0.1) is 6.92 Å². The summed E-state index contributed by atoms with van der Waals surface area (Å²) in [7, 11) is 1.61. The molecule has 1 rings (SSSR count). The highest BCUT2D eigenvalue weighted by Gasteiger charge is 1.99. The molecule has 11 heavy (non-hydrogen) atoms. The molecule has 1 aromatic rings. The molecule has 0 aliphatic rings. The highest BCUT2D eigenvalue weighted by atomic mass is 35.5. The summed E-state index contributed by atoms with van der Waals surface area (Å²) in [5.74, 6) is 1.16. The first-order valence-corrected chi connectivity index (χ1v) is 3.87. The first kappa shape index (κ1) is 8.34. The van der Waals surface area contributed by atoms with Crippen molar-refractivity contribution in [3.63, 3.8) is 0 Å². The average Bonchev–Trinajstić information content (AvgIpc) is 2.04. The van der Waals surface area contributed by atoms with Gasteiger partial charge in [0, 0.05) is 17.6 Å². The Morgan fingerprint density at radius 3 is 2.82 bits per heavy atom. The van der Waals surface area contributed by atoms with Crippen LogP contribution < -0.4 is 4.74 Å². The van der Waals surface area contributed by atoms with Gasteiger partial charge in [-0.25, -0.2) is 4.98 Å². The third kappa shape index (κ3) is 1.84. The van der Waals surface area contributed by atoms with Gasteiger partial charge in [-0.05, 0) is 18.6 Å². The summed E-state index contributed by atoms with van der Waals surface area (Å²) in [4.78, 5) is 4.06. The molecule has 0 aliphatic carbocycles. The van der Waals surface area contributed by atoms with Gasteiger partial charge >= 0.3 is 0 Å². The molecule has 1 heterocycles. The minimum atomic E-state index is 0.498. The maximum atomic E-state index is 5.61. The molecule has 3 heteroatoms. The van der Waals surface area contributed by atoms with Gasteiger partial charge in [0.05, 0.1) is 7.11 Å². The Morgan fingerprint density at radius 2 is 2.36 bits per heavy atom. The first-order chi connectivity index (χ1) is 5.27. The zero-order chi connectivity index (χ0) is 8.27. The number of aryl methyl sites for hydroxylation is 1. The molecule has 0 fully saturated rings. The molecule has 0 atom stereocenters. The zero-order valence-corrected chi connectivity index (χ0v) is 7.35. The minimum Gasteiger partial charge on any atom is -0.481 e. The lowest BCUT2D eigenvalue weighted by atomic mass is 10.2. The van der Waals surface area contributed by atoms with Crippen LogP contribution in [-0.4, -0.2) is 12.1 Å². The third-order valence-corrected chi connectivity index (χ3v) is 1.74. The fourth-order valence-electron chi connectivity index (χ4n) is 0.907. The Labute approximate surface area is 71.2 Å². The van der Waals surface area contributed by atoms with Crippen LogP contribution in [-0.2, 0) is 5.88 Å². The fraction of sp³-hybridized carbons (Fsp3) is 0.375. The van der Waals surface area contributed by atoms with Crippen LogP contribution >= 0.6 is 11.6 Å². The van der Waals surface area contributed by atoms with E-state index >= 15 is 0 Å². The van der Waals surface area contributed by atoms with Crippen molar-refractivity contribution in [3.05, 3.63) is 23.4 Å². The number of pyridine rings is 1. The second-order valence-corrected chi connectivity index (χ2v) is 2.57. The van der Waals surface area contributed by atoms with Gasteiger partial charge in [-0.2, -0.15) is 0 Å². The SMILES string of the molecule is COc1ncc(CCl)cc1C. The largest absolute Gasteiger partial charge is 0.481 e. The molecular weight excluding hydrogens is 162 g/mol. The van der Waals surface area contributed by atoms with Gasteiger partial charge in [-0.1, -0.05) is 0 Å². The van der Waals surface area contributed by atoms with Gasteiger partial charge in [0.25, 0.3) is 0 Å². The molecule has 2 nitrogen and oxygen atoms in total. The summed E-state index contributed by atoms with van der Waals surface area (Å²) in [6.45, 7) is 1.95. The van der Waals surface area contributed by atoms with Gasteiger partial charge in [0.1, 0.15) is 0 Å². The molecule has 0 unspecified atom stereocenters. The number of aromatic nitrogens is 1. The molecule has 0 saturated carbocycles. The van der Waals surface area contributed by atoms with E-state index in [4.69, 9.17) is 16.3 Å². The lowest BCUT2D eigenvalue weighted by Crippen LogP contribution is -1.92. The molecule has 60 valence electrons. The van der Waals surface area contributed by atoms with Crippen LogP contribution in [0.15, 0.2) is 12.3 Å². The molecule has 0 aromatic carbocycles. The zero-order valence-electron chi connectivity index (χ0n) is 6.60. The molecule has 0 bridgehead atoms. The summed E-state index contributed by atoms with van der Waals surface area (Å²) in [6.07, 6.45) is 1.72. The monoisotopic (exact) mass is 171 g/mol. The molecule has 0 N–H and O–H groups in total. The predicted molar refractivity (Wildman–Crippen MR) is 45.1 cm³/mol. The fourth-order valence-corrected chi connectivity index (χ4v) is 1.05. The van der Waals surface area contributed by atoms with Crippen molar-refractivity contribution < 1.29 is 4.74 Å². The normalized spacial score (nSPS) is 9.73. The van der Waals surface area contributed by atoms with E-state index in [2.05, 4.69) is 4.98 Å². The van der Waals surface area contributed by atoms with E-state index in [1.54, 1.807) is 13.3 Å². The lowest BCUT2D eigenvalue weighted by molar-refractivity contribution is 0.394. The van der Waals surface area contributed by atoms with Crippen LogP contribution in [0.5, 0.6) is 5.88 Å². The lowest BCUT2D eigenvalue weighted by Gasteiger charge is -2.03.